The van der Waals surface area contributed by atoms with Crippen molar-refractivity contribution >= 4 is 17.7 Å². The van der Waals surface area contributed by atoms with Gasteiger partial charge in [-0.25, -0.2) is 0 Å². The largest absolute Gasteiger partial charge is 0.355 e. The number of carbonyl (C=O) groups excluding carboxylic acids is 1. The molecule has 4 heteroatoms. The average Bonchev–Trinajstić information content (AvgIpc) is 2.28. The lowest BCUT2D eigenvalue weighted by molar-refractivity contribution is -0.123. The van der Waals surface area contributed by atoms with Crippen molar-refractivity contribution in [3.05, 3.63) is 0 Å². The molecule has 1 fully saturated rings. The van der Waals surface area contributed by atoms with Crippen LogP contribution >= 0.6 is 11.8 Å². The van der Waals surface area contributed by atoms with Crippen LogP contribution in [0.2, 0.25) is 0 Å². The molecule has 0 saturated carbocycles. The van der Waals surface area contributed by atoms with Crippen molar-refractivity contribution in [2.24, 2.45) is 0 Å². The minimum atomic E-state index is 0.0416. The van der Waals surface area contributed by atoms with E-state index in [1.165, 1.54) is 25.7 Å². The van der Waals surface area contributed by atoms with E-state index >= 15 is 0 Å². The molecule has 0 bridgehead atoms. The van der Waals surface area contributed by atoms with E-state index in [9.17, 15) is 4.79 Å². The third-order valence-electron chi connectivity index (χ3n) is 3.38. The fourth-order valence-electron chi connectivity index (χ4n) is 2.07. The number of hydrogen-bond donors (Lipinski definition) is 2. The first-order chi connectivity index (χ1) is 8.24. The summed E-state index contributed by atoms with van der Waals surface area (Å²) in [6.07, 6.45) is 9.10. The molecule has 2 unspecified atom stereocenters. The molecule has 0 aromatic rings. The monoisotopic (exact) mass is 258 g/mol. The summed E-state index contributed by atoms with van der Waals surface area (Å²) < 4.78 is 0. The van der Waals surface area contributed by atoms with Gasteiger partial charge < -0.3 is 10.6 Å². The van der Waals surface area contributed by atoms with Gasteiger partial charge in [0.2, 0.25) is 5.91 Å². The van der Waals surface area contributed by atoms with E-state index in [1.807, 2.05) is 11.8 Å². The molecule has 1 aliphatic rings. The molecule has 0 aromatic heterocycles. The Kier molecular flexibility index (Phi) is 7.69. The Morgan fingerprint density at radius 1 is 1.41 bits per heavy atom. The molecule has 1 amide bonds. The first-order valence-corrected chi connectivity index (χ1v) is 8.06. The van der Waals surface area contributed by atoms with Gasteiger partial charge in [-0.3, -0.25) is 4.79 Å². The highest BCUT2D eigenvalue weighted by Crippen LogP contribution is 2.10. The fraction of sp³-hybridized carbons (Fsp3) is 0.923. The molecule has 2 atom stereocenters. The van der Waals surface area contributed by atoms with Crippen LogP contribution in [0.3, 0.4) is 0 Å². The van der Waals surface area contributed by atoms with Gasteiger partial charge in [0, 0.05) is 11.8 Å². The van der Waals surface area contributed by atoms with Crippen LogP contribution in [-0.4, -0.2) is 36.5 Å². The lowest BCUT2D eigenvalue weighted by atomic mass is 10.0. The van der Waals surface area contributed by atoms with E-state index in [2.05, 4.69) is 23.8 Å². The van der Waals surface area contributed by atoms with Gasteiger partial charge in [-0.2, -0.15) is 11.8 Å². The molecule has 2 N–H and O–H groups in total. The Hall–Kier alpha value is -0.220. The summed E-state index contributed by atoms with van der Waals surface area (Å²) in [4.78, 5) is 12.0. The second-order valence-corrected chi connectivity index (χ2v) is 6.11. The van der Waals surface area contributed by atoms with E-state index in [0.29, 0.717) is 5.25 Å². The summed E-state index contributed by atoms with van der Waals surface area (Å²) in [5, 5.41) is 7.03. The molecule has 1 heterocycles. The van der Waals surface area contributed by atoms with Gasteiger partial charge in [0.05, 0.1) is 6.04 Å². The molecular formula is C13H26N2OS. The molecule has 1 saturated heterocycles. The number of thioether (sulfide) groups is 1. The highest BCUT2D eigenvalue weighted by Gasteiger charge is 2.18. The van der Waals surface area contributed by atoms with Crippen LogP contribution in [0.25, 0.3) is 0 Å². The van der Waals surface area contributed by atoms with Crippen molar-refractivity contribution in [3.63, 3.8) is 0 Å². The van der Waals surface area contributed by atoms with E-state index in [4.69, 9.17) is 0 Å². The van der Waals surface area contributed by atoms with E-state index in [1.54, 1.807) is 0 Å². The molecule has 3 nitrogen and oxygen atoms in total. The topological polar surface area (TPSA) is 41.1 Å². The van der Waals surface area contributed by atoms with Gasteiger partial charge >= 0.3 is 0 Å². The lowest BCUT2D eigenvalue weighted by Crippen LogP contribution is -2.45. The Balaban J connectivity index is 2.20. The van der Waals surface area contributed by atoms with Crippen LogP contribution in [0.5, 0.6) is 0 Å². The normalized spacial score (nSPS) is 23.5. The van der Waals surface area contributed by atoms with E-state index < -0.39 is 0 Å². The fourth-order valence-corrected chi connectivity index (χ4v) is 2.42. The molecule has 0 aromatic carbocycles. The Labute approximate surface area is 109 Å². The van der Waals surface area contributed by atoms with E-state index in [-0.39, 0.29) is 11.9 Å². The zero-order chi connectivity index (χ0) is 12.5. The van der Waals surface area contributed by atoms with Gasteiger partial charge in [-0.1, -0.05) is 26.2 Å². The first-order valence-electron chi connectivity index (χ1n) is 6.78. The molecule has 0 radical (unpaired) electrons. The molecule has 100 valence electrons. The predicted octanol–water partition coefficient (Wildman–Crippen LogP) is 2.17. The van der Waals surface area contributed by atoms with Crippen molar-refractivity contribution in [1.29, 1.82) is 0 Å². The van der Waals surface area contributed by atoms with Gasteiger partial charge in [0.1, 0.15) is 0 Å². The Morgan fingerprint density at radius 2 is 2.18 bits per heavy atom. The quantitative estimate of drug-likeness (QED) is 0.794. The highest BCUT2D eigenvalue weighted by atomic mass is 32.2. The maximum Gasteiger partial charge on any atom is 0.237 e. The summed E-state index contributed by atoms with van der Waals surface area (Å²) in [5.74, 6) is 0.195. The summed E-state index contributed by atoms with van der Waals surface area (Å²) in [7, 11) is 0. The van der Waals surface area contributed by atoms with E-state index in [0.717, 1.165) is 25.9 Å². The molecule has 0 spiro atoms. The average molecular weight is 258 g/mol. The SMILES string of the molecule is CSC(C)CCNC(=O)C1CCCCCCN1. The van der Waals surface area contributed by atoms with Crippen LogP contribution in [-0.2, 0) is 4.79 Å². The van der Waals surface area contributed by atoms with Crippen molar-refractivity contribution in [2.75, 3.05) is 19.3 Å². The van der Waals surface area contributed by atoms with Crippen LogP contribution in [0, 0.1) is 0 Å². The summed E-state index contributed by atoms with van der Waals surface area (Å²) in [6, 6.07) is 0.0416. The number of hydrogen-bond acceptors (Lipinski definition) is 3. The molecule has 1 aliphatic heterocycles. The van der Waals surface area contributed by atoms with Crippen LogP contribution in [0.1, 0.15) is 45.4 Å². The maximum atomic E-state index is 12.0. The number of amides is 1. The third kappa shape index (κ3) is 6.32. The minimum Gasteiger partial charge on any atom is -0.355 e. The molecule has 0 aliphatic carbocycles. The van der Waals surface area contributed by atoms with Crippen molar-refractivity contribution in [2.45, 2.75) is 56.7 Å². The van der Waals surface area contributed by atoms with Gasteiger partial charge in [0.15, 0.2) is 0 Å². The zero-order valence-corrected chi connectivity index (χ0v) is 11.9. The van der Waals surface area contributed by atoms with Crippen LogP contribution < -0.4 is 10.6 Å². The minimum absolute atomic E-state index is 0.0416. The lowest BCUT2D eigenvalue weighted by Gasteiger charge is -2.21. The van der Waals surface area contributed by atoms with Gasteiger partial charge in [-0.05, 0) is 32.1 Å². The third-order valence-corrected chi connectivity index (χ3v) is 4.42. The second kappa shape index (κ2) is 8.81. The molecule has 17 heavy (non-hydrogen) atoms. The standard InChI is InChI=1S/C13H26N2OS/c1-11(17-2)8-10-15-13(16)12-7-5-3-4-6-9-14-12/h11-12,14H,3-10H2,1-2H3,(H,15,16). The zero-order valence-electron chi connectivity index (χ0n) is 11.1. The van der Waals surface area contributed by atoms with Crippen LogP contribution in [0.15, 0.2) is 0 Å². The van der Waals surface area contributed by atoms with Crippen molar-refractivity contribution in [3.8, 4) is 0 Å². The molecular weight excluding hydrogens is 232 g/mol. The van der Waals surface area contributed by atoms with Gasteiger partial charge in [-0.15, -0.1) is 0 Å². The maximum absolute atomic E-state index is 12.0. The number of nitrogens with one attached hydrogen (secondary N) is 2. The number of rotatable bonds is 5. The van der Waals surface area contributed by atoms with Crippen molar-refractivity contribution in [1.82, 2.24) is 10.6 Å². The van der Waals surface area contributed by atoms with Crippen LogP contribution in [0.4, 0.5) is 0 Å². The summed E-state index contributed by atoms with van der Waals surface area (Å²) in [6.45, 7) is 3.99. The smallest absolute Gasteiger partial charge is 0.237 e. The Bertz CT molecular complexity index is 215. The van der Waals surface area contributed by atoms with Crippen molar-refractivity contribution < 1.29 is 4.79 Å². The second-order valence-electron chi connectivity index (χ2n) is 4.84. The highest BCUT2D eigenvalue weighted by molar-refractivity contribution is 7.99. The first kappa shape index (κ1) is 14.8. The summed E-state index contributed by atoms with van der Waals surface area (Å²) >= 11 is 1.85. The van der Waals surface area contributed by atoms with Gasteiger partial charge in [0.25, 0.3) is 0 Å². The summed E-state index contributed by atoms with van der Waals surface area (Å²) in [5.41, 5.74) is 0. The Morgan fingerprint density at radius 3 is 2.94 bits per heavy atom. The molecule has 1 rings (SSSR count). The number of carbonyl (C=O) groups is 1. The predicted molar refractivity (Wildman–Crippen MR) is 75.5 cm³/mol.